The van der Waals surface area contributed by atoms with Crippen LogP contribution in [0.5, 0.6) is 0 Å². The molecule has 5 heteroatoms. The number of benzene rings is 1. The zero-order chi connectivity index (χ0) is 18.1. The molecule has 3 amide bonds. The fourth-order valence-corrected chi connectivity index (χ4v) is 4.37. The standard InChI is InChI=1S/C21H27N3O2/c1-15-13-18(23-11-5-6-12-23)10-9-16(15)14-19-20(25)24(21(26)22-19)17-7-3-2-4-8-17/h9-10,13-14,17H,2-8,11-12H2,1H3,(H,22,26)/b19-14-. The van der Waals surface area contributed by atoms with Crippen LogP contribution in [0.15, 0.2) is 23.9 Å². The zero-order valence-corrected chi connectivity index (χ0v) is 15.5. The average Bonchev–Trinajstić information content (AvgIpc) is 3.26. The summed E-state index contributed by atoms with van der Waals surface area (Å²) < 4.78 is 0. The Labute approximate surface area is 155 Å². The molecule has 0 unspecified atom stereocenters. The number of hydrogen-bond donors (Lipinski definition) is 1. The molecule has 4 rings (SSSR count). The van der Waals surface area contributed by atoms with Crippen molar-refractivity contribution in [3.05, 3.63) is 35.0 Å². The second-order valence-corrected chi connectivity index (χ2v) is 7.69. The number of nitrogens with one attached hydrogen (secondary N) is 1. The number of carbonyl (C=O) groups is 2. The molecule has 3 fully saturated rings. The van der Waals surface area contributed by atoms with E-state index in [9.17, 15) is 9.59 Å². The van der Waals surface area contributed by atoms with E-state index in [1.54, 1.807) is 0 Å². The number of rotatable bonds is 3. The van der Waals surface area contributed by atoms with Crippen LogP contribution in [-0.4, -0.2) is 36.0 Å². The molecule has 0 radical (unpaired) electrons. The Morgan fingerprint density at radius 3 is 2.46 bits per heavy atom. The van der Waals surface area contributed by atoms with Gasteiger partial charge in [0.1, 0.15) is 5.70 Å². The SMILES string of the molecule is Cc1cc(N2CCCC2)ccc1/C=C1\NC(=O)N(C2CCCCC2)C1=O. The van der Waals surface area contributed by atoms with Crippen molar-refractivity contribution in [1.82, 2.24) is 10.2 Å². The molecule has 2 aliphatic heterocycles. The molecule has 5 nitrogen and oxygen atoms in total. The Morgan fingerprint density at radius 2 is 1.77 bits per heavy atom. The van der Waals surface area contributed by atoms with Crippen LogP contribution in [0.2, 0.25) is 0 Å². The summed E-state index contributed by atoms with van der Waals surface area (Å²) in [5.41, 5.74) is 3.76. The first kappa shape index (κ1) is 17.1. The van der Waals surface area contributed by atoms with Crippen LogP contribution in [0.3, 0.4) is 0 Å². The van der Waals surface area contributed by atoms with E-state index >= 15 is 0 Å². The van der Waals surface area contributed by atoms with E-state index in [0.29, 0.717) is 5.70 Å². The van der Waals surface area contributed by atoms with E-state index in [1.165, 1.54) is 29.8 Å². The van der Waals surface area contributed by atoms with Crippen LogP contribution in [0.25, 0.3) is 6.08 Å². The summed E-state index contributed by atoms with van der Waals surface area (Å²) >= 11 is 0. The van der Waals surface area contributed by atoms with E-state index in [4.69, 9.17) is 0 Å². The Kier molecular flexibility index (Phi) is 4.70. The Hall–Kier alpha value is -2.30. The van der Waals surface area contributed by atoms with Crippen LogP contribution in [-0.2, 0) is 4.79 Å². The molecule has 0 bridgehead atoms. The minimum absolute atomic E-state index is 0.0563. The van der Waals surface area contributed by atoms with Gasteiger partial charge in [-0.25, -0.2) is 4.79 Å². The van der Waals surface area contributed by atoms with Crippen molar-refractivity contribution in [3.63, 3.8) is 0 Å². The molecule has 1 saturated carbocycles. The van der Waals surface area contributed by atoms with Crippen LogP contribution in [0.4, 0.5) is 10.5 Å². The number of imide groups is 1. The maximum absolute atomic E-state index is 12.8. The predicted octanol–water partition coefficient (Wildman–Crippen LogP) is 3.82. The lowest BCUT2D eigenvalue weighted by Crippen LogP contribution is -2.41. The maximum atomic E-state index is 12.8. The lowest BCUT2D eigenvalue weighted by molar-refractivity contribution is -0.124. The first-order chi connectivity index (χ1) is 12.6. The van der Waals surface area contributed by atoms with Crippen molar-refractivity contribution in [3.8, 4) is 0 Å². The van der Waals surface area contributed by atoms with E-state index < -0.39 is 0 Å². The van der Waals surface area contributed by atoms with E-state index in [2.05, 4.69) is 35.3 Å². The van der Waals surface area contributed by atoms with Gasteiger partial charge in [-0.15, -0.1) is 0 Å². The van der Waals surface area contributed by atoms with Gasteiger partial charge >= 0.3 is 6.03 Å². The monoisotopic (exact) mass is 353 g/mol. The molecule has 2 saturated heterocycles. The van der Waals surface area contributed by atoms with Gasteiger partial charge in [0.25, 0.3) is 5.91 Å². The molecule has 2 heterocycles. The van der Waals surface area contributed by atoms with Crippen molar-refractivity contribution in [2.24, 2.45) is 0 Å². The summed E-state index contributed by atoms with van der Waals surface area (Å²) in [7, 11) is 0. The highest BCUT2D eigenvalue weighted by atomic mass is 16.2. The third-order valence-electron chi connectivity index (χ3n) is 5.87. The highest BCUT2D eigenvalue weighted by molar-refractivity contribution is 6.14. The first-order valence-corrected chi connectivity index (χ1v) is 9.85. The predicted molar refractivity (Wildman–Crippen MR) is 103 cm³/mol. The Balaban J connectivity index is 1.54. The van der Waals surface area contributed by atoms with Crippen molar-refractivity contribution in [1.29, 1.82) is 0 Å². The molecule has 0 atom stereocenters. The van der Waals surface area contributed by atoms with Crippen molar-refractivity contribution >= 4 is 23.7 Å². The molecule has 1 N–H and O–H groups in total. The summed E-state index contributed by atoms with van der Waals surface area (Å²) in [4.78, 5) is 29.0. The van der Waals surface area contributed by atoms with E-state index in [1.807, 2.05) is 6.08 Å². The van der Waals surface area contributed by atoms with Crippen LogP contribution < -0.4 is 10.2 Å². The summed E-state index contributed by atoms with van der Waals surface area (Å²) in [6, 6.07) is 6.14. The summed E-state index contributed by atoms with van der Waals surface area (Å²) in [5, 5.41) is 2.78. The van der Waals surface area contributed by atoms with Crippen LogP contribution >= 0.6 is 0 Å². The van der Waals surface area contributed by atoms with Crippen molar-refractivity contribution < 1.29 is 9.59 Å². The van der Waals surface area contributed by atoms with Gasteiger partial charge in [0.05, 0.1) is 0 Å². The van der Waals surface area contributed by atoms with Crippen LogP contribution in [0.1, 0.15) is 56.1 Å². The highest BCUT2D eigenvalue weighted by Gasteiger charge is 2.38. The smallest absolute Gasteiger partial charge is 0.329 e. The fraction of sp³-hybridized carbons (Fsp3) is 0.524. The van der Waals surface area contributed by atoms with Gasteiger partial charge in [-0.05, 0) is 61.9 Å². The number of urea groups is 1. The number of anilines is 1. The zero-order valence-electron chi connectivity index (χ0n) is 15.5. The lowest BCUT2D eigenvalue weighted by atomic mass is 9.94. The summed E-state index contributed by atoms with van der Waals surface area (Å²) in [5.74, 6) is -0.176. The molecule has 26 heavy (non-hydrogen) atoms. The van der Waals surface area contributed by atoms with Crippen molar-refractivity contribution in [2.75, 3.05) is 18.0 Å². The quantitative estimate of drug-likeness (QED) is 0.664. The van der Waals surface area contributed by atoms with Gasteiger partial charge in [0, 0.05) is 24.8 Å². The van der Waals surface area contributed by atoms with E-state index in [-0.39, 0.29) is 18.0 Å². The minimum Gasteiger partial charge on any atom is -0.372 e. The number of amides is 3. The minimum atomic E-state index is -0.264. The molecule has 1 aliphatic carbocycles. The fourth-order valence-electron chi connectivity index (χ4n) is 4.37. The molecule has 0 spiro atoms. The van der Waals surface area contributed by atoms with Gasteiger partial charge < -0.3 is 10.2 Å². The second-order valence-electron chi connectivity index (χ2n) is 7.69. The topological polar surface area (TPSA) is 52.7 Å². The lowest BCUT2D eigenvalue weighted by Gasteiger charge is -2.28. The molecule has 1 aromatic carbocycles. The van der Waals surface area contributed by atoms with E-state index in [0.717, 1.165) is 49.9 Å². The van der Waals surface area contributed by atoms with Gasteiger partial charge in [-0.1, -0.05) is 25.3 Å². The highest BCUT2D eigenvalue weighted by Crippen LogP contribution is 2.28. The second kappa shape index (κ2) is 7.14. The third-order valence-corrected chi connectivity index (χ3v) is 5.87. The molecule has 3 aliphatic rings. The summed E-state index contributed by atoms with van der Waals surface area (Å²) in [6.07, 6.45) is 9.57. The van der Waals surface area contributed by atoms with Gasteiger partial charge in [-0.2, -0.15) is 0 Å². The summed E-state index contributed by atoms with van der Waals surface area (Å²) in [6.45, 7) is 4.29. The molecular formula is C21H27N3O2. The number of nitrogens with zero attached hydrogens (tertiary/aromatic N) is 2. The van der Waals surface area contributed by atoms with Crippen LogP contribution in [0, 0.1) is 6.92 Å². The van der Waals surface area contributed by atoms with Gasteiger partial charge in [-0.3, -0.25) is 9.69 Å². The third kappa shape index (κ3) is 3.22. The Morgan fingerprint density at radius 1 is 1.04 bits per heavy atom. The number of carbonyl (C=O) groups excluding carboxylic acids is 2. The molecular weight excluding hydrogens is 326 g/mol. The number of hydrogen-bond acceptors (Lipinski definition) is 3. The Bertz CT molecular complexity index is 744. The maximum Gasteiger partial charge on any atom is 0.329 e. The van der Waals surface area contributed by atoms with Gasteiger partial charge in [0.2, 0.25) is 0 Å². The molecule has 1 aromatic rings. The van der Waals surface area contributed by atoms with Gasteiger partial charge in [0.15, 0.2) is 0 Å². The average molecular weight is 353 g/mol. The first-order valence-electron chi connectivity index (χ1n) is 9.85. The molecule has 138 valence electrons. The number of aryl methyl sites for hydroxylation is 1. The van der Waals surface area contributed by atoms with Crippen molar-refractivity contribution in [2.45, 2.75) is 57.9 Å². The largest absolute Gasteiger partial charge is 0.372 e. The normalized spacial score (nSPS) is 23.2. The molecule has 0 aromatic heterocycles.